The lowest BCUT2D eigenvalue weighted by Crippen LogP contribution is -2.66. The predicted molar refractivity (Wildman–Crippen MR) is 300 cm³/mol. The van der Waals surface area contributed by atoms with E-state index >= 15 is 0 Å². The molecule has 14 unspecified atom stereocenters. The number of hydrogen-bond acceptors (Lipinski definition) is 26. The SMILES string of the molecule is CC(=O)OC1COC(OC2C(O[C@H]3CC[C@]45C[C@]46CC[C@]4(C)[C@@H](C7(C)CC[C@@H](C(C)(C)O)O7)[C@@H](OC(C)=O)C[C@@]4(C)[C@@H]6C[C@H](OC4OCC(OC(C)=O)C(OC(C)=O)C4OC(C)=O)C5C3(C)C)OCC(OC(C)=O)C2OC(C)=O)C(OC(C)=O)C1OC(C)=O. The number of esters is 9. The van der Waals surface area contributed by atoms with E-state index in [1.807, 2.05) is 0 Å². The number of fused-ring (bicyclic) bond motifs is 2. The van der Waals surface area contributed by atoms with Crippen LogP contribution >= 0.6 is 0 Å². The summed E-state index contributed by atoms with van der Waals surface area (Å²) in [5.74, 6) is -7.38. The number of hydrogen-bond donors (Lipinski definition) is 1. The number of carbonyl (C=O) groups excluding carboxylic acids is 9. The summed E-state index contributed by atoms with van der Waals surface area (Å²) in [7, 11) is 0. The van der Waals surface area contributed by atoms with Gasteiger partial charge in [-0.2, -0.15) is 0 Å². The molecule has 9 rings (SSSR count). The van der Waals surface area contributed by atoms with Crippen LogP contribution in [0.3, 0.4) is 0 Å². The molecule has 4 heterocycles. The molecule has 1 N–H and O–H groups in total. The van der Waals surface area contributed by atoms with Crippen LogP contribution in [-0.2, 0) is 119 Å². The number of aliphatic hydroxyl groups is 1. The average Bonchev–Trinajstić information content (AvgIpc) is 1.46. The Morgan fingerprint density at radius 3 is 1.28 bits per heavy atom. The van der Waals surface area contributed by atoms with Crippen molar-refractivity contribution in [3.8, 4) is 0 Å². The summed E-state index contributed by atoms with van der Waals surface area (Å²) >= 11 is 0. The van der Waals surface area contributed by atoms with Crippen molar-refractivity contribution in [3.05, 3.63) is 0 Å². The maximum atomic E-state index is 13.3. The average molecular weight is 1270 g/mol. The molecule has 89 heavy (non-hydrogen) atoms. The highest BCUT2D eigenvalue weighted by Crippen LogP contribution is 2.89. The van der Waals surface area contributed by atoms with E-state index in [1.165, 1.54) is 27.7 Å². The highest BCUT2D eigenvalue weighted by Gasteiger charge is 2.86. The van der Waals surface area contributed by atoms with Crippen LogP contribution in [0.1, 0.15) is 169 Å². The molecule has 0 aromatic heterocycles. The molecule has 24 atom stereocenters. The van der Waals surface area contributed by atoms with Gasteiger partial charge in [0, 0.05) is 68.2 Å². The molecule has 9 aliphatic rings. The molecule has 5 saturated carbocycles. The fraction of sp³-hybridized carbons (Fsp3) is 0.857. The summed E-state index contributed by atoms with van der Waals surface area (Å²) in [5.41, 5.74) is -4.68. The summed E-state index contributed by atoms with van der Waals surface area (Å²) < 4.78 is 99.7. The largest absolute Gasteiger partial charge is 0.462 e. The van der Waals surface area contributed by atoms with E-state index in [-0.39, 0.29) is 30.5 Å². The molecule has 5 aliphatic carbocycles. The molecule has 0 amide bonds. The van der Waals surface area contributed by atoms with Crippen LogP contribution in [0, 0.1) is 44.8 Å². The van der Waals surface area contributed by atoms with Crippen molar-refractivity contribution in [2.24, 2.45) is 44.8 Å². The Hall–Kier alpha value is -5.09. The number of rotatable bonds is 17. The molecule has 26 heteroatoms. The molecule has 0 aromatic rings. The minimum atomic E-state index is -1.65. The number of carbonyl (C=O) groups is 9. The van der Waals surface area contributed by atoms with Gasteiger partial charge in [-0.05, 0) is 117 Å². The molecule has 4 aliphatic heterocycles. The molecular weight excluding hydrogens is 1170 g/mol. The van der Waals surface area contributed by atoms with Gasteiger partial charge in [0.2, 0.25) is 0 Å². The van der Waals surface area contributed by atoms with Crippen molar-refractivity contribution >= 4 is 53.7 Å². The van der Waals surface area contributed by atoms with Crippen LogP contribution in [0.4, 0.5) is 0 Å². The van der Waals surface area contributed by atoms with Crippen molar-refractivity contribution in [2.75, 3.05) is 19.8 Å². The third-order valence-electron chi connectivity index (χ3n) is 21.5. The molecular formula is C63H92O26. The van der Waals surface area contributed by atoms with E-state index in [9.17, 15) is 48.3 Å². The highest BCUT2D eigenvalue weighted by atomic mass is 16.8. The van der Waals surface area contributed by atoms with E-state index in [2.05, 4.69) is 34.6 Å². The lowest BCUT2D eigenvalue weighted by molar-refractivity contribution is -0.360. The van der Waals surface area contributed by atoms with Gasteiger partial charge in [0.1, 0.15) is 6.10 Å². The maximum absolute atomic E-state index is 13.3. The fourth-order valence-corrected chi connectivity index (χ4v) is 18.5. The maximum Gasteiger partial charge on any atom is 0.303 e. The normalized spacial score (nSPS) is 43.6. The Bertz CT molecular complexity index is 2740. The minimum absolute atomic E-state index is 0.102. The molecule has 0 aromatic carbocycles. The van der Waals surface area contributed by atoms with Gasteiger partial charge in [-0.25, -0.2) is 0 Å². The zero-order chi connectivity index (χ0) is 65.5. The van der Waals surface area contributed by atoms with Crippen LogP contribution in [0.5, 0.6) is 0 Å². The molecule has 2 spiro atoms. The van der Waals surface area contributed by atoms with E-state index in [1.54, 1.807) is 13.8 Å². The second-order valence-corrected chi connectivity index (χ2v) is 28.2. The standard InChI is InChI=1S/C63H92O26/c1-29(64)77-39-24-60(15)43-23-38(86-54-49(84-36(8)71)46(81-33(5)68)40(25-74-54)78-30(2)65)52-57(10,11)44(18-20-63(52)28-62(43,63)22-21-59(60,14)53(39)61(16)19-17-45(89-61)58(12,13)73)87-55-51(48(83-35(7)70)42(26-75-55)80-32(4)67)88-56-50(85-37(9)72)47(82-34(6)69)41(27-76-56)79-31(3)66/h38-56,73H,17-28H2,1-16H3/t38-,39-,40?,41?,42?,43-,44-,45-,46?,47?,48?,49?,50?,51?,52?,53-,54?,55?,56?,59+,60-,61?,62-,63+/m0/s1. The molecule has 26 nitrogen and oxygen atoms in total. The first-order valence-electron chi connectivity index (χ1n) is 31.2. The molecule has 500 valence electrons. The van der Waals surface area contributed by atoms with Crippen LogP contribution < -0.4 is 0 Å². The van der Waals surface area contributed by atoms with Crippen LogP contribution in [-0.4, -0.2) is 188 Å². The van der Waals surface area contributed by atoms with Gasteiger partial charge >= 0.3 is 53.7 Å². The number of ether oxygens (including phenoxy) is 16. The van der Waals surface area contributed by atoms with Gasteiger partial charge < -0.3 is 80.9 Å². The Morgan fingerprint density at radius 2 is 0.843 bits per heavy atom. The zero-order valence-electron chi connectivity index (χ0n) is 54.1. The zero-order valence-corrected chi connectivity index (χ0v) is 54.1. The Labute approximate surface area is 518 Å². The van der Waals surface area contributed by atoms with E-state index in [4.69, 9.17) is 75.8 Å². The summed E-state index contributed by atoms with van der Waals surface area (Å²) in [5, 5.41) is 11.3. The predicted octanol–water partition coefficient (Wildman–Crippen LogP) is 4.96. The van der Waals surface area contributed by atoms with Gasteiger partial charge in [-0.3, -0.25) is 43.2 Å². The smallest absolute Gasteiger partial charge is 0.303 e. The third-order valence-corrected chi connectivity index (χ3v) is 21.5. The quantitative estimate of drug-likeness (QED) is 0.114. The van der Waals surface area contributed by atoms with E-state index < -0.39 is 197 Å². The fourth-order valence-electron chi connectivity index (χ4n) is 18.5. The van der Waals surface area contributed by atoms with Crippen molar-refractivity contribution in [3.63, 3.8) is 0 Å². The summed E-state index contributed by atoms with van der Waals surface area (Å²) in [6.45, 7) is 23.9. The molecule has 4 saturated heterocycles. The molecule has 0 bridgehead atoms. The van der Waals surface area contributed by atoms with Crippen molar-refractivity contribution in [1.29, 1.82) is 0 Å². The van der Waals surface area contributed by atoms with Crippen molar-refractivity contribution < 1.29 is 124 Å². The lowest BCUT2D eigenvalue weighted by atomic mass is 9.41. The Morgan fingerprint density at radius 1 is 0.427 bits per heavy atom. The Kier molecular flexibility index (Phi) is 19.2. The summed E-state index contributed by atoms with van der Waals surface area (Å²) in [6, 6.07) is 0. The van der Waals surface area contributed by atoms with Crippen molar-refractivity contribution in [2.45, 2.75) is 278 Å². The van der Waals surface area contributed by atoms with Gasteiger partial charge in [-0.1, -0.05) is 27.7 Å². The second kappa shape index (κ2) is 25.1. The van der Waals surface area contributed by atoms with Gasteiger partial charge in [0.15, 0.2) is 73.8 Å². The van der Waals surface area contributed by atoms with Crippen LogP contribution in [0.2, 0.25) is 0 Å². The lowest BCUT2D eigenvalue weighted by Gasteiger charge is -2.65. The monoisotopic (exact) mass is 1260 g/mol. The van der Waals surface area contributed by atoms with Gasteiger partial charge in [-0.15, -0.1) is 0 Å². The first-order valence-corrected chi connectivity index (χ1v) is 31.2. The first kappa shape index (κ1) is 68.3. The molecule has 0 radical (unpaired) electrons. The van der Waals surface area contributed by atoms with E-state index in [0.717, 1.165) is 53.9 Å². The second-order valence-electron chi connectivity index (χ2n) is 28.2. The third kappa shape index (κ3) is 12.9. The van der Waals surface area contributed by atoms with Gasteiger partial charge in [0.05, 0.1) is 49.3 Å². The van der Waals surface area contributed by atoms with Crippen LogP contribution in [0.25, 0.3) is 0 Å². The summed E-state index contributed by atoms with van der Waals surface area (Å²) in [4.78, 5) is 115. The Balaban J connectivity index is 1.12. The topological polar surface area (TPSA) is 322 Å². The first-order chi connectivity index (χ1) is 41.4. The minimum Gasteiger partial charge on any atom is -0.462 e. The van der Waals surface area contributed by atoms with Crippen LogP contribution in [0.15, 0.2) is 0 Å². The highest BCUT2D eigenvalue weighted by molar-refractivity contribution is 5.70. The van der Waals surface area contributed by atoms with Gasteiger partial charge in [0.25, 0.3) is 0 Å². The molecule has 9 fully saturated rings. The van der Waals surface area contributed by atoms with E-state index in [0.29, 0.717) is 38.5 Å². The summed E-state index contributed by atoms with van der Waals surface area (Å²) in [6.07, 6.45) is -14.2. The van der Waals surface area contributed by atoms with Crippen molar-refractivity contribution in [1.82, 2.24) is 0 Å².